The summed E-state index contributed by atoms with van der Waals surface area (Å²) in [6, 6.07) is 5.82. The zero-order valence-corrected chi connectivity index (χ0v) is 10.6. The van der Waals surface area contributed by atoms with Crippen LogP contribution < -0.4 is 5.32 Å². The van der Waals surface area contributed by atoms with Crippen LogP contribution in [0.4, 0.5) is 14.5 Å². The molecule has 0 radical (unpaired) electrons. The second-order valence-corrected chi connectivity index (χ2v) is 6.37. The van der Waals surface area contributed by atoms with Crippen molar-refractivity contribution in [1.82, 2.24) is 0 Å². The molecular weight excluding hydrogens is 260 g/mol. The lowest BCUT2D eigenvalue weighted by molar-refractivity contribution is 0.235. The van der Waals surface area contributed by atoms with Crippen molar-refractivity contribution in [2.24, 2.45) is 5.92 Å². The Balaban J connectivity index is 2.19. The molecule has 0 aromatic heterocycles. The first-order valence-corrected chi connectivity index (χ1v) is 7.41. The van der Waals surface area contributed by atoms with Crippen molar-refractivity contribution in [3.63, 3.8) is 0 Å². The van der Waals surface area contributed by atoms with Crippen LogP contribution >= 0.6 is 0 Å². The average Bonchev–Trinajstić information content (AvgIpc) is 2.27. The number of anilines is 1. The largest absolute Gasteiger partial charge is 0.384 e. The first kappa shape index (κ1) is 13.3. The molecule has 100 valence electrons. The van der Waals surface area contributed by atoms with Crippen molar-refractivity contribution < 1.29 is 17.2 Å². The zero-order valence-electron chi connectivity index (χ0n) is 9.77. The lowest BCUT2D eigenvalue weighted by atomic mass is 9.85. The van der Waals surface area contributed by atoms with Crippen LogP contribution in [0.1, 0.15) is 19.3 Å². The Labute approximate surface area is 105 Å². The molecular formula is C12H15F2NO2S. The smallest absolute Gasteiger partial charge is 0.341 e. The van der Waals surface area contributed by atoms with E-state index in [2.05, 4.69) is 5.32 Å². The minimum Gasteiger partial charge on any atom is -0.384 e. The molecule has 0 amide bonds. The maximum Gasteiger partial charge on any atom is 0.341 e. The lowest BCUT2D eigenvalue weighted by Crippen LogP contribution is -2.22. The second kappa shape index (κ2) is 5.22. The number of rotatable bonds is 5. The van der Waals surface area contributed by atoms with E-state index in [9.17, 15) is 17.2 Å². The minimum absolute atomic E-state index is 0.268. The molecule has 0 unspecified atom stereocenters. The van der Waals surface area contributed by atoms with Gasteiger partial charge in [0, 0.05) is 6.54 Å². The fourth-order valence-corrected chi connectivity index (χ4v) is 2.81. The Bertz CT molecular complexity index is 513. The van der Waals surface area contributed by atoms with Crippen LogP contribution in [-0.2, 0) is 9.84 Å². The van der Waals surface area contributed by atoms with Crippen molar-refractivity contribution in [2.75, 3.05) is 11.9 Å². The Kier molecular flexibility index (Phi) is 3.85. The van der Waals surface area contributed by atoms with Crippen LogP contribution in [0.15, 0.2) is 29.2 Å². The lowest BCUT2D eigenvalue weighted by Gasteiger charge is -2.26. The summed E-state index contributed by atoms with van der Waals surface area (Å²) < 4.78 is 48.1. The molecule has 1 aromatic rings. The van der Waals surface area contributed by atoms with E-state index < -0.39 is 15.6 Å². The van der Waals surface area contributed by atoms with E-state index in [1.54, 1.807) is 6.07 Å². The van der Waals surface area contributed by atoms with E-state index in [1.165, 1.54) is 24.6 Å². The van der Waals surface area contributed by atoms with Crippen LogP contribution in [-0.4, -0.2) is 20.7 Å². The predicted octanol–water partition coefficient (Wildman–Crippen LogP) is 2.89. The highest BCUT2D eigenvalue weighted by Gasteiger charge is 2.29. The zero-order chi connectivity index (χ0) is 13.2. The van der Waals surface area contributed by atoms with Crippen molar-refractivity contribution in [3.05, 3.63) is 24.3 Å². The number of sulfone groups is 1. The van der Waals surface area contributed by atoms with Crippen LogP contribution in [0.3, 0.4) is 0 Å². The van der Waals surface area contributed by atoms with Gasteiger partial charge in [-0.05, 0) is 30.9 Å². The third-order valence-electron chi connectivity index (χ3n) is 3.23. The Morgan fingerprint density at radius 2 is 1.94 bits per heavy atom. The molecule has 0 spiro atoms. The van der Waals surface area contributed by atoms with Gasteiger partial charge < -0.3 is 5.32 Å². The fraction of sp³-hybridized carbons (Fsp3) is 0.500. The van der Waals surface area contributed by atoms with Crippen molar-refractivity contribution >= 4 is 15.5 Å². The van der Waals surface area contributed by atoms with Gasteiger partial charge in [-0.25, -0.2) is 8.42 Å². The van der Waals surface area contributed by atoms with E-state index in [0.717, 1.165) is 12.8 Å². The average molecular weight is 275 g/mol. The van der Waals surface area contributed by atoms with Gasteiger partial charge in [-0.3, -0.25) is 0 Å². The molecule has 1 N–H and O–H groups in total. The van der Waals surface area contributed by atoms with Crippen LogP contribution in [0.5, 0.6) is 0 Å². The van der Waals surface area contributed by atoms with E-state index >= 15 is 0 Å². The summed E-state index contributed by atoms with van der Waals surface area (Å²) in [4.78, 5) is -0.320. The maximum absolute atomic E-state index is 12.5. The van der Waals surface area contributed by atoms with Gasteiger partial charge >= 0.3 is 5.76 Å². The van der Waals surface area contributed by atoms with E-state index in [1.807, 2.05) is 0 Å². The van der Waals surface area contributed by atoms with Gasteiger partial charge in [-0.1, -0.05) is 18.6 Å². The molecule has 18 heavy (non-hydrogen) atoms. The second-order valence-electron chi connectivity index (χ2n) is 4.48. The third-order valence-corrected chi connectivity index (χ3v) is 4.67. The summed E-state index contributed by atoms with van der Waals surface area (Å²) in [6.45, 7) is 0.635. The van der Waals surface area contributed by atoms with Gasteiger partial charge in [-0.15, -0.1) is 0 Å². The quantitative estimate of drug-likeness (QED) is 0.898. The molecule has 1 fully saturated rings. The molecule has 3 nitrogen and oxygen atoms in total. The summed E-state index contributed by atoms with van der Waals surface area (Å²) in [5.74, 6) is -2.86. The summed E-state index contributed by atoms with van der Waals surface area (Å²) in [5, 5.41) is 2.96. The summed E-state index contributed by atoms with van der Waals surface area (Å²) in [5.41, 5.74) is 0.268. The number of benzene rings is 1. The van der Waals surface area contributed by atoms with Gasteiger partial charge in [0.15, 0.2) is 0 Å². The molecule has 0 saturated heterocycles. The van der Waals surface area contributed by atoms with E-state index in [4.69, 9.17) is 0 Å². The molecule has 1 aliphatic rings. The van der Waals surface area contributed by atoms with Crippen molar-refractivity contribution in [3.8, 4) is 0 Å². The Morgan fingerprint density at radius 3 is 2.50 bits per heavy atom. The van der Waals surface area contributed by atoms with E-state index in [0.29, 0.717) is 12.5 Å². The Morgan fingerprint density at radius 1 is 1.28 bits per heavy atom. The van der Waals surface area contributed by atoms with Crippen LogP contribution in [0.25, 0.3) is 0 Å². The van der Waals surface area contributed by atoms with Gasteiger partial charge in [0.05, 0.1) is 10.6 Å². The van der Waals surface area contributed by atoms with E-state index in [-0.39, 0.29) is 10.6 Å². The minimum atomic E-state index is -4.54. The van der Waals surface area contributed by atoms with Gasteiger partial charge in [0.1, 0.15) is 0 Å². The molecule has 0 atom stereocenters. The number of hydrogen-bond acceptors (Lipinski definition) is 3. The first-order valence-electron chi connectivity index (χ1n) is 5.87. The number of nitrogens with one attached hydrogen (secondary N) is 1. The molecule has 1 aromatic carbocycles. The third kappa shape index (κ3) is 2.63. The van der Waals surface area contributed by atoms with Gasteiger partial charge in [0.2, 0.25) is 9.84 Å². The Hall–Kier alpha value is -1.17. The monoisotopic (exact) mass is 275 g/mol. The predicted molar refractivity (Wildman–Crippen MR) is 65.5 cm³/mol. The molecule has 0 bridgehead atoms. The molecule has 0 heterocycles. The molecule has 0 aliphatic heterocycles. The van der Waals surface area contributed by atoms with Crippen molar-refractivity contribution in [1.29, 1.82) is 0 Å². The first-order chi connectivity index (χ1) is 8.51. The van der Waals surface area contributed by atoms with Crippen molar-refractivity contribution in [2.45, 2.75) is 29.9 Å². The summed E-state index contributed by atoms with van der Waals surface area (Å²) >= 11 is 0. The molecule has 1 aliphatic carbocycles. The van der Waals surface area contributed by atoms with Gasteiger partial charge in [0.25, 0.3) is 0 Å². The topological polar surface area (TPSA) is 46.2 Å². The maximum atomic E-state index is 12.5. The fourth-order valence-electron chi connectivity index (χ4n) is 1.91. The highest BCUT2D eigenvalue weighted by atomic mass is 32.2. The SMILES string of the molecule is O=S(=O)(c1ccccc1NCC1CCC1)C(F)F. The highest BCUT2D eigenvalue weighted by molar-refractivity contribution is 7.91. The number of para-hydroxylation sites is 1. The molecule has 6 heteroatoms. The highest BCUT2D eigenvalue weighted by Crippen LogP contribution is 2.29. The van der Waals surface area contributed by atoms with Gasteiger partial charge in [-0.2, -0.15) is 8.78 Å². The molecule has 1 saturated carbocycles. The van der Waals surface area contributed by atoms with Crippen LogP contribution in [0.2, 0.25) is 0 Å². The molecule has 2 rings (SSSR count). The standard InChI is InChI=1S/C12H15F2NO2S/c13-12(14)18(16,17)11-7-2-1-6-10(11)15-8-9-4-3-5-9/h1-2,6-7,9,12,15H,3-5,8H2. The number of halogens is 2. The summed E-state index contributed by atoms with van der Waals surface area (Å²) in [6.07, 6.45) is 3.40. The normalized spacial score (nSPS) is 16.6. The number of hydrogen-bond donors (Lipinski definition) is 1. The number of alkyl halides is 2. The summed E-state index contributed by atoms with van der Waals surface area (Å²) in [7, 11) is -4.54. The van der Waals surface area contributed by atoms with Crippen LogP contribution in [0, 0.1) is 5.92 Å².